The lowest BCUT2D eigenvalue weighted by molar-refractivity contribution is -0.132. The molecule has 2 amide bonds. The molecule has 34 heavy (non-hydrogen) atoms. The van der Waals surface area contributed by atoms with Gasteiger partial charge < -0.3 is 19.9 Å². The smallest absolute Gasteiger partial charge is 0.251 e. The van der Waals surface area contributed by atoms with Crippen molar-refractivity contribution < 1.29 is 14.3 Å². The Kier molecular flexibility index (Phi) is 9.91. The van der Waals surface area contributed by atoms with Crippen LogP contribution in [0.15, 0.2) is 54.6 Å². The molecule has 1 heterocycles. The average molecular weight is 467 g/mol. The summed E-state index contributed by atoms with van der Waals surface area (Å²) in [5.41, 5.74) is 1.52. The van der Waals surface area contributed by atoms with Gasteiger partial charge in [-0.05, 0) is 50.7 Å². The second-order valence-corrected chi connectivity index (χ2v) is 8.74. The fraction of sp³-hybridized carbons (Fsp3) is 0.481. The van der Waals surface area contributed by atoms with Crippen LogP contribution in [0.3, 0.4) is 0 Å². The maximum absolute atomic E-state index is 13.1. The highest BCUT2D eigenvalue weighted by atomic mass is 16.5. The molecule has 2 aromatic carbocycles. The highest BCUT2D eigenvalue weighted by Gasteiger charge is 2.25. The lowest BCUT2D eigenvalue weighted by Crippen LogP contribution is -2.49. The third kappa shape index (κ3) is 7.57. The van der Waals surface area contributed by atoms with Crippen molar-refractivity contribution in [3.8, 4) is 5.75 Å². The van der Waals surface area contributed by atoms with Crippen LogP contribution < -0.4 is 10.1 Å². The Labute approximate surface area is 203 Å². The molecule has 0 bridgehead atoms. The van der Waals surface area contributed by atoms with Crippen LogP contribution in [0.2, 0.25) is 0 Å². The maximum Gasteiger partial charge on any atom is 0.251 e. The largest absolute Gasteiger partial charge is 0.492 e. The van der Waals surface area contributed by atoms with Crippen LogP contribution in [0.5, 0.6) is 5.75 Å². The molecule has 1 N–H and O–H groups in total. The van der Waals surface area contributed by atoms with Gasteiger partial charge in [-0.25, -0.2) is 0 Å². The first-order valence-electron chi connectivity index (χ1n) is 12.3. The van der Waals surface area contributed by atoms with Gasteiger partial charge in [0.2, 0.25) is 5.91 Å². The minimum atomic E-state index is -0.628. The van der Waals surface area contributed by atoms with Crippen LogP contribution in [0, 0.1) is 0 Å². The number of hydrogen-bond donors (Lipinski definition) is 1. The Balaban J connectivity index is 1.58. The van der Waals surface area contributed by atoms with E-state index in [1.807, 2.05) is 56.3 Å². The molecule has 0 radical (unpaired) electrons. The first-order chi connectivity index (χ1) is 16.5. The Hall–Kier alpha value is -2.90. The summed E-state index contributed by atoms with van der Waals surface area (Å²) in [5, 5.41) is 2.95. The van der Waals surface area contributed by atoms with Crippen molar-refractivity contribution in [2.75, 3.05) is 59.5 Å². The van der Waals surface area contributed by atoms with Crippen LogP contribution in [0.4, 0.5) is 0 Å². The molecular formula is C27H38N4O3. The molecule has 3 rings (SSSR count). The van der Waals surface area contributed by atoms with Crippen molar-refractivity contribution in [3.63, 3.8) is 0 Å². The number of hydrogen-bond acceptors (Lipinski definition) is 5. The summed E-state index contributed by atoms with van der Waals surface area (Å²) in [4.78, 5) is 32.4. The van der Waals surface area contributed by atoms with E-state index in [1.165, 1.54) is 0 Å². The van der Waals surface area contributed by atoms with E-state index in [9.17, 15) is 9.59 Å². The predicted molar refractivity (Wildman–Crippen MR) is 135 cm³/mol. The molecule has 1 fully saturated rings. The lowest BCUT2D eigenvalue weighted by Gasteiger charge is -2.32. The van der Waals surface area contributed by atoms with Crippen molar-refractivity contribution in [2.45, 2.75) is 26.3 Å². The number of piperazine rings is 1. The monoisotopic (exact) mass is 466 g/mol. The van der Waals surface area contributed by atoms with Gasteiger partial charge in [0.25, 0.3) is 5.91 Å². The summed E-state index contributed by atoms with van der Waals surface area (Å²) in [5.74, 6) is 0.509. The molecule has 1 aliphatic heterocycles. The normalized spacial score (nSPS) is 15.5. The Morgan fingerprint density at radius 2 is 1.62 bits per heavy atom. The van der Waals surface area contributed by atoms with Gasteiger partial charge in [-0.2, -0.15) is 0 Å². The predicted octanol–water partition coefficient (Wildman–Crippen LogP) is 2.52. The minimum Gasteiger partial charge on any atom is -0.492 e. The van der Waals surface area contributed by atoms with Crippen molar-refractivity contribution in [1.29, 1.82) is 0 Å². The Bertz CT molecular complexity index is 892. The topological polar surface area (TPSA) is 65.1 Å². The van der Waals surface area contributed by atoms with Crippen molar-refractivity contribution >= 4 is 11.8 Å². The van der Waals surface area contributed by atoms with E-state index in [1.54, 1.807) is 17.0 Å². The van der Waals surface area contributed by atoms with Gasteiger partial charge in [-0.3, -0.25) is 14.5 Å². The van der Waals surface area contributed by atoms with E-state index in [2.05, 4.69) is 22.2 Å². The number of amides is 2. The summed E-state index contributed by atoms with van der Waals surface area (Å²) in [6.07, 6.45) is 0.426. The van der Waals surface area contributed by atoms with E-state index in [-0.39, 0.29) is 11.8 Å². The molecule has 0 saturated carbocycles. The van der Waals surface area contributed by atoms with Gasteiger partial charge in [0.1, 0.15) is 18.4 Å². The van der Waals surface area contributed by atoms with Crippen LogP contribution in [-0.2, 0) is 11.2 Å². The molecule has 7 heteroatoms. The lowest BCUT2D eigenvalue weighted by atomic mass is 10.0. The van der Waals surface area contributed by atoms with Gasteiger partial charge in [-0.1, -0.05) is 30.3 Å². The number of nitrogens with zero attached hydrogens (tertiary/aromatic N) is 3. The first-order valence-corrected chi connectivity index (χ1v) is 12.3. The molecule has 0 aliphatic carbocycles. The van der Waals surface area contributed by atoms with Gasteiger partial charge >= 0.3 is 0 Å². The summed E-state index contributed by atoms with van der Waals surface area (Å²) < 4.78 is 5.94. The number of carbonyl (C=O) groups is 2. The van der Waals surface area contributed by atoms with Crippen molar-refractivity contribution in [1.82, 2.24) is 20.0 Å². The van der Waals surface area contributed by atoms with Crippen molar-refractivity contribution in [2.24, 2.45) is 0 Å². The molecule has 184 valence electrons. The SMILES string of the molecule is CCN(CC)C(=O)C(Cc1ccc(OCCN2CCN(C)CC2)cc1)NC(=O)c1ccccc1. The van der Waals surface area contributed by atoms with Gasteiger partial charge in [0.05, 0.1) is 0 Å². The number of nitrogens with one attached hydrogen (secondary N) is 1. The standard InChI is InChI=1S/C27H38N4O3/c1-4-31(5-2)27(33)25(28-26(32)23-9-7-6-8-10-23)21-22-11-13-24(14-12-22)34-20-19-30-17-15-29(3)16-18-30/h6-14,25H,4-5,15-21H2,1-3H3,(H,28,32). The molecule has 1 unspecified atom stereocenters. The summed E-state index contributed by atoms with van der Waals surface area (Å²) in [7, 11) is 2.16. The Morgan fingerprint density at radius 3 is 2.24 bits per heavy atom. The van der Waals surface area contributed by atoms with Crippen LogP contribution in [-0.4, -0.2) is 92.0 Å². The van der Waals surface area contributed by atoms with E-state index in [0.717, 1.165) is 44.0 Å². The summed E-state index contributed by atoms with van der Waals surface area (Å²) in [6.45, 7) is 11.0. The molecule has 1 atom stereocenters. The van der Waals surface area contributed by atoms with E-state index < -0.39 is 6.04 Å². The minimum absolute atomic E-state index is 0.0678. The third-order valence-corrected chi connectivity index (χ3v) is 6.35. The fourth-order valence-corrected chi connectivity index (χ4v) is 4.11. The molecule has 1 saturated heterocycles. The molecule has 0 aromatic heterocycles. The summed E-state index contributed by atoms with van der Waals surface area (Å²) in [6, 6.07) is 16.2. The average Bonchev–Trinajstić information content (AvgIpc) is 2.87. The highest BCUT2D eigenvalue weighted by molar-refractivity contribution is 5.97. The zero-order valence-corrected chi connectivity index (χ0v) is 20.7. The fourth-order valence-electron chi connectivity index (χ4n) is 4.11. The third-order valence-electron chi connectivity index (χ3n) is 6.35. The van der Waals surface area contributed by atoms with E-state index >= 15 is 0 Å². The molecule has 1 aliphatic rings. The molecule has 7 nitrogen and oxygen atoms in total. The van der Waals surface area contributed by atoms with Gasteiger partial charge in [0.15, 0.2) is 0 Å². The highest BCUT2D eigenvalue weighted by Crippen LogP contribution is 2.15. The summed E-state index contributed by atoms with van der Waals surface area (Å²) >= 11 is 0. The van der Waals surface area contributed by atoms with Gasteiger partial charge in [-0.15, -0.1) is 0 Å². The van der Waals surface area contributed by atoms with E-state index in [0.29, 0.717) is 31.7 Å². The number of ether oxygens (including phenoxy) is 1. The van der Waals surface area contributed by atoms with Crippen LogP contribution >= 0.6 is 0 Å². The number of rotatable bonds is 11. The van der Waals surface area contributed by atoms with Crippen molar-refractivity contribution in [3.05, 3.63) is 65.7 Å². The second-order valence-electron chi connectivity index (χ2n) is 8.74. The zero-order chi connectivity index (χ0) is 24.3. The first kappa shape index (κ1) is 25.7. The van der Waals surface area contributed by atoms with Gasteiger partial charge in [0, 0.05) is 57.8 Å². The molecular weight excluding hydrogens is 428 g/mol. The zero-order valence-electron chi connectivity index (χ0n) is 20.7. The van der Waals surface area contributed by atoms with Crippen LogP contribution in [0.1, 0.15) is 29.8 Å². The van der Waals surface area contributed by atoms with E-state index in [4.69, 9.17) is 4.74 Å². The Morgan fingerprint density at radius 1 is 0.971 bits per heavy atom. The quantitative estimate of drug-likeness (QED) is 0.551. The second kappa shape index (κ2) is 13.1. The number of carbonyl (C=O) groups excluding carboxylic acids is 2. The molecule has 0 spiro atoms. The van der Waals surface area contributed by atoms with Crippen LogP contribution in [0.25, 0.3) is 0 Å². The molecule has 2 aromatic rings. The maximum atomic E-state index is 13.1. The number of benzene rings is 2. The number of likely N-dealkylation sites (N-methyl/N-ethyl adjacent to an activating group) is 2.